The lowest BCUT2D eigenvalue weighted by Gasteiger charge is -2.17. The first-order valence-corrected chi connectivity index (χ1v) is 4.92. The number of rotatable bonds is 7. The van der Waals surface area contributed by atoms with Crippen molar-refractivity contribution in [2.24, 2.45) is 5.41 Å². The summed E-state index contributed by atoms with van der Waals surface area (Å²) in [5.41, 5.74) is -0.282. The second-order valence-electron chi connectivity index (χ2n) is 4.12. The Morgan fingerprint density at radius 1 is 1.36 bits per heavy atom. The summed E-state index contributed by atoms with van der Waals surface area (Å²) in [7, 11) is 0. The molecule has 0 heterocycles. The van der Waals surface area contributed by atoms with Gasteiger partial charge in [0.15, 0.2) is 0 Å². The van der Waals surface area contributed by atoms with E-state index >= 15 is 0 Å². The van der Waals surface area contributed by atoms with E-state index in [0.29, 0.717) is 0 Å². The first-order chi connectivity index (χ1) is 6.55. The average molecular weight is 200 g/mol. The molecule has 0 atom stereocenters. The van der Waals surface area contributed by atoms with Gasteiger partial charge >= 0.3 is 0 Å². The third kappa shape index (κ3) is 5.92. The SMILES string of the molecule is CC(C)(C#N)CCCNC(CO)CO. The largest absolute Gasteiger partial charge is 0.395 e. The average Bonchev–Trinajstić information content (AvgIpc) is 2.18. The molecule has 0 unspecified atom stereocenters. The van der Waals surface area contributed by atoms with Crippen molar-refractivity contribution in [2.45, 2.75) is 32.7 Å². The first kappa shape index (κ1) is 13.4. The molecule has 0 amide bonds. The Balaban J connectivity index is 3.52. The molecule has 3 N–H and O–H groups in total. The summed E-state index contributed by atoms with van der Waals surface area (Å²) < 4.78 is 0. The normalized spacial score (nSPS) is 11.7. The predicted octanol–water partition coefficient (Wildman–Crippen LogP) is 0.259. The van der Waals surface area contributed by atoms with Crippen molar-refractivity contribution in [3.8, 4) is 6.07 Å². The maximum Gasteiger partial charge on any atom is 0.0683 e. The smallest absolute Gasteiger partial charge is 0.0683 e. The van der Waals surface area contributed by atoms with E-state index < -0.39 is 0 Å². The Hall–Kier alpha value is -0.630. The molecule has 0 radical (unpaired) electrons. The third-order valence-corrected chi connectivity index (χ3v) is 2.16. The lowest BCUT2D eigenvalue weighted by Crippen LogP contribution is -2.36. The number of nitriles is 1. The number of aliphatic hydroxyl groups is 2. The molecule has 0 aliphatic rings. The Bertz CT molecular complexity index is 183. The zero-order valence-electron chi connectivity index (χ0n) is 8.95. The van der Waals surface area contributed by atoms with Crippen LogP contribution in [0, 0.1) is 16.7 Å². The summed E-state index contributed by atoms with van der Waals surface area (Å²) in [6, 6.07) is 1.99. The monoisotopic (exact) mass is 200 g/mol. The molecule has 14 heavy (non-hydrogen) atoms. The van der Waals surface area contributed by atoms with Crippen LogP contribution in [0.3, 0.4) is 0 Å². The number of hydrogen-bond acceptors (Lipinski definition) is 4. The van der Waals surface area contributed by atoms with Gasteiger partial charge in [0.2, 0.25) is 0 Å². The van der Waals surface area contributed by atoms with Crippen molar-refractivity contribution in [2.75, 3.05) is 19.8 Å². The lowest BCUT2D eigenvalue weighted by molar-refractivity contribution is 0.170. The van der Waals surface area contributed by atoms with Crippen molar-refractivity contribution in [1.82, 2.24) is 5.32 Å². The fourth-order valence-electron chi connectivity index (χ4n) is 1.08. The van der Waals surface area contributed by atoms with E-state index in [2.05, 4.69) is 11.4 Å². The first-order valence-electron chi connectivity index (χ1n) is 4.92. The van der Waals surface area contributed by atoms with Crippen LogP contribution in [-0.4, -0.2) is 36.0 Å². The van der Waals surface area contributed by atoms with Crippen molar-refractivity contribution in [3.63, 3.8) is 0 Å². The molecule has 0 bridgehead atoms. The summed E-state index contributed by atoms with van der Waals surface area (Å²) in [5, 5.41) is 29.3. The van der Waals surface area contributed by atoms with E-state index in [9.17, 15) is 0 Å². The van der Waals surface area contributed by atoms with Gasteiger partial charge in [-0.3, -0.25) is 0 Å². The fraction of sp³-hybridized carbons (Fsp3) is 0.900. The van der Waals surface area contributed by atoms with Gasteiger partial charge in [-0.15, -0.1) is 0 Å². The van der Waals surface area contributed by atoms with Crippen molar-refractivity contribution < 1.29 is 10.2 Å². The maximum absolute atomic E-state index is 8.76. The van der Waals surface area contributed by atoms with Crippen molar-refractivity contribution in [3.05, 3.63) is 0 Å². The number of aliphatic hydroxyl groups excluding tert-OH is 2. The quantitative estimate of drug-likeness (QED) is 0.515. The number of nitrogens with zero attached hydrogens (tertiary/aromatic N) is 1. The molecule has 0 spiro atoms. The van der Waals surface area contributed by atoms with E-state index in [4.69, 9.17) is 15.5 Å². The molecule has 0 fully saturated rings. The molecule has 0 saturated carbocycles. The predicted molar refractivity (Wildman–Crippen MR) is 54.6 cm³/mol. The van der Waals surface area contributed by atoms with Gasteiger partial charge in [-0.05, 0) is 33.2 Å². The molecule has 0 saturated heterocycles. The highest BCUT2D eigenvalue weighted by atomic mass is 16.3. The molecule has 0 aliphatic carbocycles. The number of hydrogen-bond donors (Lipinski definition) is 3. The van der Waals surface area contributed by atoms with Crippen molar-refractivity contribution >= 4 is 0 Å². The van der Waals surface area contributed by atoms with Gasteiger partial charge in [0.05, 0.1) is 30.7 Å². The van der Waals surface area contributed by atoms with E-state index in [1.807, 2.05) is 13.8 Å². The highest BCUT2D eigenvalue weighted by molar-refractivity contribution is 4.91. The van der Waals surface area contributed by atoms with E-state index in [-0.39, 0.29) is 24.7 Å². The van der Waals surface area contributed by atoms with Gasteiger partial charge in [0, 0.05) is 0 Å². The molecular weight excluding hydrogens is 180 g/mol. The second kappa shape index (κ2) is 6.77. The van der Waals surface area contributed by atoms with E-state index in [1.54, 1.807) is 0 Å². The lowest BCUT2D eigenvalue weighted by atomic mass is 9.90. The zero-order valence-corrected chi connectivity index (χ0v) is 8.95. The van der Waals surface area contributed by atoms with Crippen LogP contribution < -0.4 is 5.32 Å². The van der Waals surface area contributed by atoms with Gasteiger partial charge in [-0.2, -0.15) is 5.26 Å². The molecule has 82 valence electrons. The van der Waals surface area contributed by atoms with Crippen LogP contribution in [0.25, 0.3) is 0 Å². The topological polar surface area (TPSA) is 76.3 Å². The third-order valence-electron chi connectivity index (χ3n) is 2.16. The van der Waals surface area contributed by atoms with Crippen LogP contribution >= 0.6 is 0 Å². The van der Waals surface area contributed by atoms with E-state index in [0.717, 1.165) is 19.4 Å². The Labute approximate surface area is 85.6 Å². The summed E-state index contributed by atoms with van der Waals surface area (Å²) in [6.45, 7) is 4.41. The van der Waals surface area contributed by atoms with Crippen molar-refractivity contribution in [1.29, 1.82) is 5.26 Å². The van der Waals surface area contributed by atoms with Crippen LogP contribution in [0.5, 0.6) is 0 Å². The summed E-state index contributed by atoms with van der Waals surface area (Å²) in [4.78, 5) is 0. The molecule has 0 aromatic rings. The van der Waals surface area contributed by atoms with Crippen LogP contribution in [0.2, 0.25) is 0 Å². The summed E-state index contributed by atoms with van der Waals surface area (Å²) in [6.07, 6.45) is 1.69. The molecule has 0 aliphatic heterocycles. The Kier molecular flexibility index (Phi) is 6.46. The van der Waals surface area contributed by atoms with Gasteiger partial charge < -0.3 is 15.5 Å². The maximum atomic E-state index is 8.76. The molecular formula is C10H20N2O2. The highest BCUT2D eigenvalue weighted by Gasteiger charge is 2.15. The minimum absolute atomic E-state index is 0.0574. The Morgan fingerprint density at radius 2 is 1.93 bits per heavy atom. The standard InChI is InChI=1S/C10H20N2O2/c1-10(2,8-11)4-3-5-12-9(6-13)7-14/h9,12-14H,3-7H2,1-2H3. The second-order valence-corrected chi connectivity index (χ2v) is 4.12. The minimum atomic E-state index is -0.282. The van der Waals surface area contributed by atoms with E-state index in [1.165, 1.54) is 0 Å². The molecule has 0 rings (SSSR count). The van der Waals surface area contributed by atoms with Crippen LogP contribution in [0.4, 0.5) is 0 Å². The minimum Gasteiger partial charge on any atom is -0.395 e. The highest BCUT2D eigenvalue weighted by Crippen LogP contribution is 2.19. The molecule has 4 nitrogen and oxygen atoms in total. The van der Waals surface area contributed by atoms with Crippen LogP contribution in [0.15, 0.2) is 0 Å². The van der Waals surface area contributed by atoms with Gasteiger partial charge in [-0.1, -0.05) is 0 Å². The van der Waals surface area contributed by atoms with Crippen LogP contribution in [0.1, 0.15) is 26.7 Å². The van der Waals surface area contributed by atoms with Crippen LogP contribution in [-0.2, 0) is 0 Å². The molecule has 4 heteroatoms. The zero-order chi connectivity index (χ0) is 11.0. The summed E-state index contributed by atoms with van der Waals surface area (Å²) in [5.74, 6) is 0. The van der Waals surface area contributed by atoms with Gasteiger partial charge in [-0.25, -0.2) is 0 Å². The van der Waals surface area contributed by atoms with Gasteiger partial charge in [0.25, 0.3) is 0 Å². The fourth-order valence-corrected chi connectivity index (χ4v) is 1.08. The molecule has 0 aromatic heterocycles. The summed E-state index contributed by atoms with van der Waals surface area (Å²) >= 11 is 0. The van der Waals surface area contributed by atoms with Gasteiger partial charge in [0.1, 0.15) is 0 Å². The Morgan fingerprint density at radius 3 is 2.36 bits per heavy atom. The molecule has 0 aromatic carbocycles. The number of nitrogens with one attached hydrogen (secondary N) is 1.